The summed E-state index contributed by atoms with van der Waals surface area (Å²) in [4.78, 5) is 11.0. The van der Waals surface area contributed by atoms with Gasteiger partial charge in [-0.15, -0.1) is 0 Å². The monoisotopic (exact) mass is 249 g/mol. The Balaban J connectivity index is 2.03. The molecule has 2 rings (SSSR count). The smallest absolute Gasteiger partial charge is 0.248 e. The summed E-state index contributed by atoms with van der Waals surface area (Å²) < 4.78 is 0. The molecule has 5 heteroatoms. The summed E-state index contributed by atoms with van der Waals surface area (Å²) >= 11 is 0. The zero-order chi connectivity index (χ0) is 13.1. The summed E-state index contributed by atoms with van der Waals surface area (Å²) in [5.41, 5.74) is 12.8. The summed E-state index contributed by atoms with van der Waals surface area (Å²) in [6.07, 6.45) is 3.32. The molecule has 0 atom stereocenters. The van der Waals surface area contributed by atoms with E-state index in [-0.39, 0.29) is 6.10 Å². The molecule has 1 amide bonds. The molecular formula is C13H19N3O2. The predicted octanol–water partition coefficient (Wildman–Crippen LogP) is 1.08. The molecule has 0 aromatic heterocycles. The molecule has 0 spiro atoms. The molecule has 1 fully saturated rings. The first-order valence-corrected chi connectivity index (χ1v) is 6.20. The van der Waals surface area contributed by atoms with Gasteiger partial charge in [0.2, 0.25) is 5.91 Å². The molecule has 98 valence electrons. The van der Waals surface area contributed by atoms with Crippen molar-refractivity contribution in [1.29, 1.82) is 0 Å². The number of amides is 1. The van der Waals surface area contributed by atoms with E-state index in [4.69, 9.17) is 11.5 Å². The SMILES string of the molecule is NC(=O)c1ccc(NC2CCC(O)CC2)c(N)c1. The molecule has 18 heavy (non-hydrogen) atoms. The Morgan fingerprint density at radius 2 is 1.94 bits per heavy atom. The van der Waals surface area contributed by atoms with E-state index in [0.717, 1.165) is 31.4 Å². The van der Waals surface area contributed by atoms with Crippen molar-refractivity contribution >= 4 is 17.3 Å². The summed E-state index contributed by atoms with van der Waals surface area (Å²) in [6, 6.07) is 5.36. The molecule has 5 nitrogen and oxygen atoms in total. The van der Waals surface area contributed by atoms with Crippen LogP contribution in [0.3, 0.4) is 0 Å². The third-order valence-electron chi connectivity index (χ3n) is 3.39. The van der Waals surface area contributed by atoms with Crippen LogP contribution in [0.25, 0.3) is 0 Å². The second kappa shape index (κ2) is 5.27. The van der Waals surface area contributed by atoms with E-state index in [0.29, 0.717) is 17.3 Å². The number of hydrogen-bond donors (Lipinski definition) is 4. The normalized spacial score (nSPS) is 23.6. The highest BCUT2D eigenvalue weighted by Crippen LogP contribution is 2.26. The number of anilines is 2. The molecule has 1 saturated carbocycles. The van der Waals surface area contributed by atoms with Gasteiger partial charge in [-0.1, -0.05) is 0 Å². The minimum Gasteiger partial charge on any atom is -0.397 e. The van der Waals surface area contributed by atoms with Gasteiger partial charge in [0.15, 0.2) is 0 Å². The highest BCUT2D eigenvalue weighted by atomic mass is 16.3. The van der Waals surface area contributed by atoms with Gasteiger partial charge >= 0.3 is 0 Å². The fraction of sp³-hybridized carbons (Fsp3) is 0.462. The second-order valence-electron chi connectivity index (χ2n) is 4.82. The van der Waals surface area contributed by atoms with Crippen LogP contribution in [0, 0.1) is 0 Å². The zero-order valence-corrected chi connectivity index (χ0v) is 10.2. The molecule has 0 aliphatic heterocycles. The third kappa shape index (κ3) is 2.92. The van der Waals surface area contributed by atoms with E-state index in [9.17, 15) is 9.90 Å². The number of benzene rings is 1. The van der Waals surface area contributed by atoms with Crippen molar-refractivity contribution in [2.24, 2.45) is 5.73 Å². The van der Waals surface area contributed by atoms with Crippen LogP contribution in [-0.4, -0.2) is 23.2 Å². The van der Waals surface area contributed by atoms with Crippen molar-refractivity contribution in [2.75, 3.05) is 11.1 Å². The number of nitrogens with one attached hydrogen (secondary N) is 1. The number of nitrogens with two attached hydrogens (primary N) is 2. The molecule has 1 aromatic carbocycles. The zero-order valence-electron chi connectivity index (χ0n) is 10.2. The van der Waals surface area contributed by atoms with Gasteiger partial charge in [-0.25, -0.2) is 0 Å². The Hall–Kier alpha value is -1.75. The summed E-state index contributed by atoms with van der Waals surface area (Å²) in [7, 11) is 0. The average Bonchev–Trinajstić information content (AvgIpc) is 2.34. The Kier molecular flexibility index (Phi) is 3.72. The first kappa shape index (κ1) is 12.7. The maximum absolute atomic E-state index is 11.0. The van der Waals surface area contributed by atoms with Crippen molar-refractivity contribution < 1.29 is 9.90 Å². The van der Waals surface area contributed by atoms with Crippen molar-refractivity contribution in [1.82, 2.24) is 0 Å². The van der Waals surface area contributed by atoms with Crippen LogP contribution in [0.15, 0.2) is 18.2 Å². The second-order valence-corrected chi connectivity index (χ2v) is 4.82. The van der Waals surface area contributed by atoms with Crippen LogP contribution in [0.5, 0.6) is 0 Å². The number of nitrogen functional groups attached to an aromatic ring is 1. The molecule has 0 bridgehead atoms. The minimum absolute atomic E-state index is 0.169. The molecule has 1 aliphatic carbocycles. The lowest BCUT2D eigenvalue weighted by Crippen LogP contribution is -2.28. The lowest BCUT2D eigenvalue weighted by atomic mass is 9.93. The van der Waals surface area contributed by atoms with Gasteiger partial charge < -0.3 is 21.9 Å². The Bertz CT molecular complexity index is 440. The van der Waals surface area contributed by atoms with Crippen molar-refractivity contribution in [3.05, 3.63) is 23.8 Å². The van der Waals surface area contributed by atoms with Crippen molar-refractivity contribution in [3.63, 3.8) is 0 Å². The molecule has 1 aromatic rings. The molecule has 0 saturated heterocycles. The average molecular weight is 249 g/mol. The highest BCUT2D eigenvalue weighted by Gasteiger charge is 2.19. The number of hydrogen-bond acceptors (Lipinski definition) is 4. The van der Waals surface area contributed by atoms with E-state index in [2.05, 4.69) is 5.32 Å². The van der Waals surface area contributed by atoms with Gasteiger partial charge in [-0.3, -0.25) is 4.79 Å². The maximum Gasteiger partial charge on any atom is 0.248 e. The van der Waals surface area contributed by atoms with E-state index < -0.39 is 5.91 Å². The number of aliphatic hydroxyl groups is 1. The van der Waals surface area contributed by atoms with Gasteiger partial charge in [-0.2, -0.15) is 0 Å². The largest absolute Gasteiger partial charge is 0.397 e. The lowest BCUT2D eigenvalue weighted by Gasteiger charge is -2.27. The molecular weight excluding hydrogens is 230 g/mol. The van der Waals surface area contributed by atoms with Gasteiger partial charge in [0.1, 0.15) is 0 Å². The minimum atomic E-state index is -0.478. The molecule has 1 aliphatic rings. The standard InChI is InChI=1S/C13H19N3O2/c14-11-7-8(13(15)18)1-6-12(11)16-9-2-4-10(17)5-3-9/h1,6-7,9-10,16-17H,2-5,14H2,(H2,15,18). The lowest BCUT2D eigenvalue weighted by molar-refractivity contribution is 0.1000. The van der Waals surface area contributed by atoms with Gasteiger partial charge in [0.05, 0.1) is 17.5 Å². The molecule has 0 radical (unpaired) electrons. The molecule has 6 N–H and O–H groups in total. The Morgan fingerprint density at radius 1 is 1.28 bits per heavy atom. The van der Waals surface area contributed by atoms with Crippen LogP contribution in [-0.2, 0) is 0 Å². The topological polar surface area (TPSA) is 101 Å². The highest BCUT2D eigenvalue weighted by molar-refractivity contribution is 5.94. The van der Waals surface area contributed by atoms with Crippen LogP contribution < -0.4 is 16.8 Å². The number of carbonyl (C=O) groups is 1. The van der Waals surface area contributed by atoms with Gasteiger partial charge in [0, 0.05) is 11.6 Å². The van der Waals surface area contributed by atoms with E-state index in [1.54, 1.807) is 18.2 Å². The number of primary amides is 1. The van der Waals surface area contributed by atoms with Crippen LogP contribution in [0.4, 0.5) is 11.4 Å². The van der Waals surface area contributed by atoms with Crippen LogP contribution in [0.1, 0.15) is 36.0 Å². The number of carbonyl (C=O) groups excluding carboxylic acids is 1. The first-order valence-electron chi connectivity index (χ1n) is 6.20. The van der Waals surface area contributed by atoms with E-state index in [1.165, 1.54) is 0 Å². The maximum atomic E-state index is 11.0. The van der Waals surface area contributed by atoms with E-state index in [1.807, 2.05) is 0 Å². The van der Waals surface area contributed by atoms with Crippen LogP contribution >= 0.6 is 0 Å². The quantitative estimate of drug-likeness (QED) is 0.602. The number of aliphatic hydroxyl groups excluding tert-OH is 1. The summed E-state index contributed by atoms with van der Waals surface area (Å²) in [5.74, 6) is -0.478. The molecule has 0 heterocycles. The Labute approximate surface area is 106 Å². The third-order valence-corrected chi connectivity index (χ3v) is 3.39. The first-order chi connectivity index (χ1) is 8.56. The molecule has 0 unspecified atom stereocenters. The summed E-state index contributed by atoms with van der Waals surface area (Å²) in [5, 5.41) is 12.8. The van der Waals surface area contributed by atoms with Crippen LogP contribution in [0.2, 0.25) is 0 Å². The van der Waals surface area contributed by atoms with Crippen molar-refractivity contribution in [2.45, 2.75) is 37.8 Å². The van der Waals surface area contributed by atoms with E-state index >= 15 is 0 Å². The number of rotatable bonds is 3. The van der Waals surface area contributed by atoms with Gasteiger partial charge in [-0.05, 0) is 43.9 Å². The fourth-order valence-corrected chi connectivity index (χ4v) is 2.29. The fourth-order valence-electron chi connectivity index (χ4n) is 2.29. The Morgan fingerprint density at radius 3 is 2.50 bits per heavy atom. The van der Waals surface area contributed by atoms with Gasteiger partial charge in [0.25, 0.3) is 0 Å². The predicted molar refractivity (Wildman–Crippen MR) is 71.3 cm³/mol. The van der Waals surface area contributed by atoms with Crippen molar-refractivity contribution in [3.8, 4) is 0 Å². The summed E-state index contributed by atoms with van der Waals surface area (Å²) in [6.45, 7) is 0.